The Morgan fingerprint density at radius 1 is 1.24 bits per heavy atom. The number of anilines is 1. The van der Waals surface area contributed by atoms with E-state index in [4.69, 9.17) is 4.74 Å². The molecule has 2 rings (SSSR count). The fourth-order valence-corrected chi connectivity index (χ4v) is 4.20. The highest BCUT2D eigenvalue weighted by Crippen LogP contribution is 2.29. The van der Waals surface area contributed by atoms with Crippen LogP contribution >= 0.6 is 0 Å². The Bertz CT molecular complexity index is 1020. The van der Waals surface area contributed by atoms with Crippen molar-refractivity contribution in [3.63, 3.8) is 0 Å². The summed E-state index contributed by atoms with van der Waals surface area (Å²) in [5, 5.41) is 24.7. The number of ether oxygens (including phenoxy) is 1. The lowest BCUT2D eigenvalue weighted by molar-refractivity contribution is -0.385. The molecule has 156 valence electrons. The van der Waals surface area contributed by atoms with Gasteiger partial charge in [0.1, 0.15) is 4.90 Å². The van der Waals surface area contributed by atoms with Crippen molar-refractivity contribution in [3.8, 4) is 11.5 Å². The average Bonchev–Trinajstić information content (AvgIpc) is 2.69. The molecule has 0 aliphatic rings. The quantitative estimate of drug-likeness (QED) is 0.360. The van der Waals surface area contributed by atoms with Crippen LogP contribution in [-0.2, 0) is 10.0 Å². The highest BCUT2D eigenvalue weighted by molar-refractivity contribution is 7.89. The topological polar surface area (TPSA) is 134 Å². The number of hydrogen-bond donors (Lipinski definition) is 2. The minimum Gasteiger partial charge on any atom is -0.504 e. The number of rotatable bonds is 9. The number of nitrogens with one attached hydrogen (secondary N) is 1. The normalized spacial score (nSPS) is 11.7. The van der Waals surface area contributed by atoms with E-state index >= 15 is 0 Å². The summed E-state index contributed by atoms with van der Waals surface area (Å²) in [5.74, 6) is 0.231. The van der Waals surface area contributed by atoms with Crippen molar-refractivity contribution in [1.82, 2.24) is 4.31 Å². The van der Waals surface area contributed by atoms with Crippen LogP contribution in [0.5, 0.6) is 11.5 Å². The van der Waals surface area contributed by atoms with E-state index in [9.17, 15) is 23.6 Å². The van der Waals surface area contributed by atoms with E-state index in [0.717, 1.165) is 6.07 Å². The maximum Gasteiger partial charge on any atom is 0.270 e. The summed E-state index contributed by atoms with van der Waals surface area (Å²) in [4.78, 5) is 10.2. The van der Waals surface area contributed by atoms with Crippen molar-refractivity contribution in [2.75, 3.05) is 25.6 Å². The zero-order chi connectivity index (χ0) is 21.6. The SMILES string of the molecule is CCN(CC)S(=O)(=O)c1cc([N+](=O)[O-])ccc1NN=Cc1ccc(O)c(OC)c1. The Morgan fingerprint density at radius 2 is 1.93 bits per heavy atom. The molecular formula is C18H22N4O6S. The van der Waals surface area contributed by atoms with Gasteiger partial charge in [-0.15, -0.1) is 0 Å². The molecule has 2 aromatic rings. The number of nitrogens with zero attached hydrogens (tertiary/aromatic N) is 3. The van der Waals surface area contributed by atoms with E-state index in [1.165, 1.54) is 35.8 Å². The second kappa shape index (κ2) is 9.34. The molecule has 0 spiro atoms. The van der Waals surface area contributed by atoms with Crippen LogP contribution in [0.1, 0.15) is 19.4 Å². The summed E-state index contributed by atoms with van der Waals surface area (Å²) in [6, 6.07) is 8.07. The maximum absolute atomic E-state index is 12.9. The monoisotopic (exact) mass is 422 g/mol. The summed E-state index contributed by atoms with van der Waals surface area (Å²) in [7, 11) is -2.55. The third-order valence-corrected chi connectivity index (χ3v) is 6.19. The van der Waals surface area contributed by atoms with Crippen LogP contribution in [0.2, 0.25) is 0 Å². The number of sulfonamides is 1. The third-order valence-electron chi connectivity index (χ3n) is 4.10. The molecule has 0 aromatic heterocycles. The van der Waals surface area contributed by atoms with E-state index in [2.05, 4.69) is 10.5 Å². The van der Waals surface area contributed by atoms with Gasteiger partial charge in [-0.05, 0) is 29.8 Å². The van der Waals surface area contributed by atoms with Crippen molar-refractivity contribution in [1.29, 1.82) is 0 Å². The minimum absolute atomic E-state index is 0.0272. The molecule has 0 heterocycles. The Kier molecular flexibility index (Phi) is 7.13. The summed E-state index contributed by atoms with van der Waals surface area (Å²) in [6.07, 6.45) is 1.40. The fraction of sp³-hybridized carbons (Fsp3) is 0.278. The third kappa shape index (κ3) is 5.00. The van der Waals surface area contributed by atoms with E-state index in [1.54, 1.807) is 26.0 Å². The van der Waals surface area contributed by atoms with E-state index in [0.29, 0.717) is 5.56 Å². The van der Waals surface area contributed by atoms with Gasteiger partial charge in [0.05, 0.1) is 23.9 Å². The number of aromatic hydroxyl groups is 1. The van der Waals surface area contributed by atoms with Crippen molar-refractivity contribution in [2.24, 2.45) is 5.10 Å². The van der Waals surface area contributed by atoms with Crippen LogP contribution in [0.15, 0.2) is 46.4 Å². The van der Waals surface area contributed by atoms with Crippen LogP contribution < -0.4 is 10.2 Å². The molecule has 0 saturated heterocycles. The molecule has 0 unspecified atom stereocenters. The fourth-order valence-electron chi connectivity index (χ4n) is 2.58. The molecule has 0 fully saturated rings. The van der Waals surface area contributed by atoms with Gasteiger partial charge in [-0.1, -0.05) is 13.8 Å². The molecule has 0 saturated carbocycles. The second-order valence-electron chi connectivity index (χ2n) is 5.83. The largest absolute Gasteiger partial charge is 0.504 e. The average molecular weight is 422 g/mol. The number of phenols is 1. The molecule has 0 atom stereocenters. The summed E-state index contributed by atoms with van der Waals surface area (Å²) >= 11 is 0. The molecule has 10 nitrogen and oxygen atoms in total. The molecule has 0 aliphatic heterocycles. The van der Waals surface area contributed by atoms with E-state index in [1.807, 2.05) is 0 Å². The van der Waals surface area contributed by atoms with Crippen molar-refractivity contribution < 1.29 is 23.2 Å². The van der Waals surface area contributed by atoms with Gasteiger partial charge < -0.3 is 9.84 Å². The highest BCUT2D eigenvalue weighted by Gasteiger charge is 2.27. The number of benzene rings is 2. The molecule has 2 aromatic carbocycles. The standard InChI is InChI=1S/C18H22N4O6S/c1-4-21(5-2)29(26,27)18-11-14(22(24)25)7-8-15(18)20-19-12-13-6-9-16(23)17(10-13)28-3/h6-12,20,23H,4-5H2,1-3H3. The second-order valence-corrected chi connectivity index (χ2v) is 7.73. The van der Waals surface area contributed by atoms with Gasteiger partial charge in [0.2, 0.25) is 10.0 Å². The number of nitro benzene ring substituents is 1. The number of phenolic OH excluding ortho intramolecular Hbond substituents is 1. The van der Waals surface area contributed by atoms with Crippen LogP contribution in [0.25, 0.3) is 0 Å². The first kappa shape index (κ1) is 22.1. The number of nitro groups is 1. The van der Waals surface area contributed by atoms with Gasteiger partial charge in [0, 0.05) is 25.2 Å². The lowest BCUT2D eigenvalue weighted by Crippen LogP contribution is -2.31. The van der Waals surface area contributed by atoms with Crippen molar-refractivity contribution in [3.05, 3.63) is 52.1 Å². The first-order valence-corrected chi connectivity index (χ1v) is 10.1. The molecule has 29 heavy (non-hydrogen) atoms. The lowest BCUT2D eigenvalue weighted by atomic mass is 10.2. The zero-order valence-electron chi connectivity index (χ0n) is 16.2. The summed E-state index contributed by atoms with van der Waals surface area (Å²) in [6.45, 7) is 3.80. The van der Waals surface area contributed by atoms with Gasteiger partial charge in [-0.25, -0.2) is 8.42 Å². The number of hydrogen-bond acceptors (Lipinski definition) is 8. The van der Waals surface area contributed by atoms with Crippen LogP contribution in [0.4, 0.5) is 11.4 Å². The summed E-state index contributed by atoms with van der Waals surface area (Å²) in [5.41, 5.74) is 2.97. The molecule has 0 bridgehead atoms. The van der Waals surface area contributed by atoms with Gasteiger partial charge in [0.25, 0.3) is 5.69 Å². The highest BCUT2D eigenvalue weighted by atomic mass is 32.2. The van der Waals surface area contributed by atoms with Gasteiger partial charge in [-0.2, -0.15) is 9.41 Å². The predicted octanol–water partition coefficient (Wildman–Crippen LogP) is 2.79. The smallest absolute Gasteiger partial charge is 0.270 e. The van der Waals surface area contributed by atoms with Crippen LogP contribution in [0, 0.1) is 10.1 Å². The molecule has 11 heteroatoms. The summed E-state index contributed by atoms with van der Waals surface area (Å²) < 4.78 is 32.0. The molecule has 0 amide bonds. The van der Waals surface area contributed by atoms with Crippen LogP contribution in [0.3, 0.4) is 0 Å². The van der Waals surface area contributed by atoms with Gasteiger partial charge >= 0.3 is 0 Å². The molecular weight excluding hydrogens is 400 g/mol. The number of methoxy groups -OCH3 is 1. The Hall–Kier alpha value is -3.18. The predicted molar refractivity (Wildman–Crippen MR) is 109 cm³/mol. The first-order chi connectivity index (χ1) is 13.7. The molecule has 0 aliphatic carbocycles. The van der Waals surface area contributed by atoms with Gasteiger partial charge in [0.15, 0.2) is 11.5 Å². The lowest BCUT2D eigenvalue weighted by Gasteiger charge is -2.20. The Morgan fingerprint density at radius 3 is 2.52 bits per heavy atom. The van der Waals surface area contributed by atoms with E-state index in [-0.39, 0.29) is 40.9 Å². The Balaban J connectivity index is 2.41. The first-order valence-electron chi connectivity index (χ1n) is 8.69. The van der Waals surface area contributed by atoms with Crippen molar-refractivity contribution in [2.45, 2.75) is 18.7 Å². The van der Waals surface area contributed by atoms with Gasteiger partial charge in [-0.3, -0.25) is 15.5 Å². The minimum atomic E-state index is -3.96. The van der Waals surface area contributed by atoms with Crippen molar-refractivity contribution >= 4 is 27.6 Å². The zero-order valence-corrected chi connectivity index (χ0v) is 17.0. The number of hydrazone groups is 1. The maximum atomic E-state index is 12.9. The Labute approximate surface area is 168 Å². The van der Waals surface area contributed by atoms with Crippen LogP contribution in [-0.4, -0.2) is 49.2 Å². The number of non-ortho nitro benzene ring substituents is 1. The molecule has 0 radical (unpaired) electrons. The van der Waals surface area contributed by atoms with E-state index < -0.39 is 14.9 Å². The molecule has 2 N–H and O–H groups in total.